The molecular formula is C15H23N5O. The Morgan fingerprint density at radius 1 is 1.38 bits per heavy atom. The van der Waals surface area contributed by atoms with E-state index in [4.69, 9.17) is 0 Å². The van der Waals surface area contributed by atoms with Gasteiger partial charge in [-0.1, -0.05) is 13.8 Å². The van der Waals surface area contributed by atoms with Crippen molar-refractivity contribution in [2.24, 2.45) is 13.0 Å². The second-order valence-electron chi connectivity index (χ2n) is 5.82. The SMILES string of the molecule is CC(C)CN(Cc1cnn(C)c1)C(=O)[C@@H](C)n1ccnc1. The Balaban J connectivity index is 2.13. The van der Waals surface area contributed by atoms with E-state index in [2.05, 4.69) is 23.9 Å². The minimum Gasteiger partial charge on any atom is -0.336 e. The number of nitrogens with zero attached hydrogens (tertiary/aromatic N) is 5. The van der Waals surface area contributed by atoms with Gasteiger partial charge in [-0.2, -0.15) is 5.10 Å². The van der Waals surface area contributed by atoms with E-state index in [-0.39, 0.29) is 11.9 Å². The molecule has 0 bridgehead atoms. The van der Waals surface area contributed by atoms with Crippen molar-refractivity contribution >= 4 is 5.91 Å². The van der Waals surface area contributed by atoms with E-state index in [1.54, 1.807) is 17.2 Å². The van der Waals surface area contributed by atoms with Gasteiger partial charge in [-0.15, -0.1) is 0 Å². The number of aromatic nitrogens is 4. The molecule has 0 aliphatic carbocycles. The second kappa shape index (κ2) is 6.56. The summed E-state index contributed by atoms with van der Waals surface area (Å²) in [6, 6.07) is -0.247. The first-order valence-electron chi connectivity index (χ1n) is 7.21. The smallest absolute Gasteiger partial charge is 0.245 e. The maximum atomic E-state index is 12.7. The molecule has 2 rings (SSSR count). The van der Waals surface area contributed by atoms with Crippen LogP contribution in [0.5, 0.6) is 0 Å². The van der Waals surface area contributed by atoms with Crippen LogP contribution in [0.1, 0.15) is 32.4 Å². The summed E-state index contributed by atoms with van der Waals surface area (Å²) in [7, 11) is 1.88. The molecule has 2 heterocycles. The van der Waals surface area contributed by atoms with Crippen molar-refractivity contribution in [3.63, 3.8) is 0 Å². The summed E-state index contributed by atoms with van der Waals surface area (Å²) in [5, 5.41) is 4.17. The number of hydrogen-bond donors (Lipinski definition) is 0. The molecule has 6 nitrogen and oxygen atoms in total. The normalized spacial score (nSPS) is 12.6. The maximum absolute atomic E-state index is 12.7. The zero-order valence-electron chi connectivity index (χ0n) is 13.1. The standard InChI is InChI=1S/C15H23N5O/c1-12(2)8-20(10-14-7-17-18(4)9-14)15(21)13(3)19-6-5-16-11-19/h5-7,9,11-13H,8,10H2,1-4H3/t13-/m1/s1. The second-order valence-corrected chi connectivity index (χ2v) is 5.82. The van der Waals surface area contributed by atoms with E-state index in [0.29, 0.717) is 12.5 Å². The number of carbonyl (C=O) groups excluding carboxylic acids is 1. The van der Waals surface area contributed by atoms with Crippen molar-refractivity contribution in [2.45, 2.75) is 33.4 Å². The molecule has 2 aromatic rings. The predicted molar refractivity (Wildman–Crippen MR) is 80.4 cm³/mol. The van der Waals surface area contributed by atoms with Gasteiger partial charge in [0.2, 0.25) is 5.91 Å². The van der Waals surface area contributed by atoms with Crippen LogP contribution in [-0.2, 0) is 18.4 Å². The van der Waals surface area contributed by atoms with E-state index < -0.39 is 0 Å². The molecule has 1 amide bonds. The Morgan fingerprint density at radius 3 is 2.67 bits per heavy atom. The Hall–Kier alpha value is -2.11. The van der Waals surface area contributed by atoms with Gasteiger partial charge in [-0.25, -0.2) is 4.98 Å². The largest absolute Gasteiger partial charge is 0.336 e. The van der Waals surface area contributed by atoms with Gasteiger partial charge < -0.3 is 9.47 Å². The molecule has 0 aliphatic rings. The van der Waals surface area contributed by atoms with Gasteiger partial charge in [0.05, 0.1) is 12.5 Å². The fourth-order valence-electron chi connectivity index (χ4n) is 2.34. The van der Waals surface area contributed by atoms with Crippen LogP contribution in [-0.4, -0.2) is 36.7 Å². The van der Waals surface area contributed by atoms with Crippen LogP contribution in [0.25, 0.3) is 0 Å². The predicted octanol–water partition coefficient (Wildman–Crippen LogP) is 1.86. The van der Waals surface area contributed by atoms with Crippen molar-refractivity contribution in [2.75, 3.05) is 6.54 Å². The van der Waals surface area contributed by atoms with Crippen molar-refractivity contribution in [1.29, 1.82) is 0 Å². The lowest BCUT2D eigenvalue weighted by molar-refractivity contribution is -0.135. The molecule has 0 radical (unpaired) electrons. The first-order chi connectivity index (χ1) is 9.97. The Morgan fingerprint density at radius 2 is 2.14 bits per heavy atom. The number of carbonyl (C=O) groups is 1. The van der Waals surface area contributed by atoms with Crippen LogP contribution < -0.4 is 0 Å². The van der Waals surface area contributed by atoms with Gasteiger partial charge in [0.1, 0.15) is 6.04 Å². The zero-order valence-corrected chi connectivity index (χ0v) is 13.1. The van der Waals surface area contributed by atoms with E-state index >= 15 is 0 Å². The molecule has 114 valence electrons. The lowest BCUT2D eigenvalue weighted by atomic mass is 10.1. The third-order valence-electron chi connectivity index (χ3n) is 3.36. The Kier molecular flexibility index (Phi) is 4.77. The van der Waals surface area contributed by atoms with Crippen LogP contribution in [0, 0.1) is 5.92 Å². The van der Waals surface area contributed by atoms with Crippen LogP contribution in [0.4, 0.5) is 0 Å². The van der Waals surface area contributed by atoms with Crippen molar-refractivity contribution in [3.05, 3.63) is 36.7 Å². The summed E-state index contributed by atoms with van der Waals surface area (Å²) in [6.45, 7) is 7.45. The number of hydrogen-bond acceptors (Lipinski definition) is 3. The maximum Gasteiger partial charge on any atom is 0.245 e. The van der Waals surface area contributed by atoms with E-state index in [0.717, 1.165) is 12.1 Å². The molecule has 0 unspecified atom stereocenters. The lowest BCUT2D eigenvalue weighted by Gasteiger charge is -2.27. The molecule has 0 saturated carbocycles. The Bertz CT molecular complexity index is 573. The molecule has 0 fully saturated rings. The third-order valence-corrected chi connectivity index (χ3v) is 3.36. The molecule has 21 heavy (non-hydrogen) atoms. The van der Waals surface area contributed by atoms with E-state index in [9.17, 15) is 4.79 Å². The van der Waals surface area contributed by atoms with Gasteiger partial charge in [0.25, 0.3) is 0 Å². The van der Waals surface area contributed by atoms with Crippen molar-refractivity contribution < 1.29 is 4.79 Å². The summed E-state index contributed by atoms with van der Waals surface area (Å²) in [6.07, 6.45) is 8.95. The molecule has 6 heteroatoms. The molecule has 0 aromatic carbocycles. The van der Waals surface area contributed by atoms with Gasteiger partial charge in [-0.05, 0) is 12.8 Å². The summed E-state index contributed by atoms with van der Waals surface area (Å²) < 4.78 is 3.59. The number of imidazole rings is 1. The Labute approximate surface area is 125 Å². The highest BCUT2D eigenvalue weighted by atomic mass is 16.2. The number of rotatable bonds is 6. The van der Waals surface area contributed by atoms with E-state index in [1.165, 1.54) is 0 Å². The monoisotopic (exact) mass is 289 g/mol. The summed E-state index contributed by atoms with van der Waals surface area (Å²) in [4.78, 5) is 18.6. The van der Waals surface area contributed by atoms with Gasteiger partial charge in [-0.3, -0.25) is 9.48 Å². The van der Waals surface area contributed by atoms with Gasteiger partial charge in [0.15, 0.2) is 0 Å². The fraction of sp³-hybridized carbons (Fsp3) is 0.533. The molecule has 0 spiro atoms. The average Bonchev–Trinajstić information content (AvgIpc) is 3.07. The summed E-state index contributed by atoms with van der Waals surface area (Å²) >= 11 is 0. The lowest BCUT2D eigenvalue weighted by Crippen LogP contribution is -2.37. The molecule has 2 aromatic heterocycles. The molecular weight excluding hydrogens is 266 g/mol. The molecule has 0 saturated heterocycles. The topological polar surface area (TPSA) is 56.0 Å². The highest BCUT2D eigenvalue weighted by molar-refractivity contribution is 5.80. The highest BCUT2D eigenvalue weighted by Gasteiger charge is 2.22. The van der Waals surface area contributed by atoms with Crippen LogP contribution in [0.15, 0.2) is 31.1 Å². The van der Waals surface area contributed by atoms with Crippen LogP contribution in [0.2, 0.25) is 0 Å². The first-order valence-corrected chi connectivity index (χ1v) is 7.21. The first kappa shape index (κ1) is 15.3. The van der Waals surface area contributed by atoms with Gasteiger partial charge in [0, 0.05) is 44.3 Å². The van der Waals surface area contributed by atoms with Crippen molar-refractivity contribution in [3.8, 4) is 0 Å². The molecule has 0 N–H and O–H groups in total. The van der Waals surface area contributed by atoms with Gasteiger partial charge >= 0.3 is 0 Å². The quantitative estimate of drug-likeness (QED) is 0.815. The molecule has 0 aliphatic heterocycles. The summed E-state index contributed by atoms with van der Waals surface area (Å²) in [5.41, 5.74) is 1.05. The van der Waals surface area contributed by atoms with Crippen molar-refractivity contribution in [1.82, 2.24) is 24.2 Å². The van der Waals surface area contributed by atoms with Crippen LogP contribution in [0.3, 0.4) is 0 Å². The number of aryl methyl sites for hydroxylation is 1. The van der Waals surface area contributed by atoms with E-state index in [1.807, 2.05) is 42.0 Å². The minimum atomic E-state index is -0.247. The zero-order chi connectivity index (χ0) is 15.4. The third kappa shape index (κ3) is 3.93. The van der Waals surface area contributed by atoms with Crippen LogP contribution >= 0.6 is 0 Å². The average molecular weight is 289 g/mol. The fourth-order valence-corrected chi connectivity index (χ4v) is 2.34. The number of amides is 1. The minimum absolute atomic E-state index is 0.102. The highest BCUT2D eigenvalue weighted by Crippen LogP contribution is 2.14. The molecule has 1 atom stereocenters. The summed E-state index contributed by atoms with van der Waals surface area (Å²) in [5.74, 6) is 0.520.